The van der Waals surface area contributed by atoms with Gasteiger partial charge in [-0.05, 0) is 55.8 Å². The van der Waals surface area contributed by atoms with E-state index in [-0.39, 0.29) is 0 Å². The average Bonchev–Trinajstić information content (AvgIpc) is 1.98. The van der Waals surface area contributed by atoms with Gasteiger partial charge in [0, 0.05) is 9.15 Å². The molecule has 0 saturated heterocycles. The van der Waals surface area contributed by atoms with E-state index in [0.29, 0.717) is 14.6 Å². The van der Waals surface area contributed by atoms with E-state index in [0.717, 1.165) is 11.8 Å². The quantitative estimate of drug-likeness (QED) is 0.624. The highest BCUT2D eigenvalue weighted by molar-refractivity contribution is 9.10. The van der Waals surface area contributed by atoms with Crippen molar-refractivity contribution < 1.29 is 0 Å². The predicted octanol–water partition coefficient (Wildman–Crippen LogP) is 4.50. The van der Waals surface area contributed by atoms with E-state index in [9.17, 15) is 0 Å². The van der Waals surface area contributed by atoms with Crippen LogP contribution in [-0.2, 0) is 0 Å². The van der Waals surface area contributed by atoms with Crippen LogP contribution in [-0.4, -0.2) is 9.15 Å². The first-order valence-corrected chi connectivity index (χ1v) is 7.55. The van der Waals surface area contributed by atoms with Crippen LogP contribution < -0.4 is 0 Å². The molecule has 80 valence electrons. The lowest BCUT2D eigenvalue weighted by Crippen LogP contribution is -2.55. The molecule has 4 fully saturated rings. The summed E-state index contributed by atoms with van der Waals surface area (Å²) in [5.41, 5.74) is 0.633. The molecule has 2 heteroatoms. The molecule has 2 unspecified atom stereocenters. The van der Waals surface area contributed by atoms with Gasteiger partial charge in [-0.3, -0.25) is 0 Å². The average molecular weight is 322 g/mol. The summed E-state index contributed by atoms with van der Waals surface area (Å²) in [6.07, 6.45) is 8.82. The molecule has 0 nitrogen and oxygen atoms in total. The summed E-state index contributed by atoms with van der Waals surface area (Å²) in [6, 6.07) is 0. The molecule has 4 bridgehead atoms. The molecule has 0 N–H and O–H groups in total. The standard InChI is InChI=1S/C12H18Br2/c1-8(13)11-3-9-2-10(4-11)6-12(14,5-9)7-11/h8-10H,2-7H2,1H3/t8-,9-,10+,11?,12?/m1/s1. The summed E-state index contributed by atoms with van der Waals surface area (Å²) in [5, 5.41) is 0. The monoisotopic (exact) mass is 320 g/mol. The molecule has 4 rings (SSSR count). The van der Waals surface area contributed by atoms with E-state index in [4.69, 9.17) is 0 Å². The van der Waals surface area contributed by atoms with Gasteiger partial charge in [-0.2, -0.15) is 0 Å². The fourth-order valence-corrected chi connectivity index (χ4v) is 6.70. The van der Waals surface area contributed by atoms with Crippen LogP contribution in [0, 0.1) is 17.3 Å². The fourth-order valence-electron chi connectivity index (χ4n) is 4.69. The first-order chi connectivity index (χ1) is 6.51. The predicted molar refractivity (Wildman–Crippen MR) is 67.2 cm³/mol. The summed E-state index contributed by atoms with van der Waals surface area (Å²) in [6.45, 7) is 2.36. The number of hydrogen-bond donors (Lipinski definition) is 0. The largest absolute Gasteiger partial charge is 0.0888 e. The van der Waals surface area contributed by atoms with Crippen molar-refractivity contribution in [2.45, 2.75) is 54.6 Å². The van der Waals surface area contributed by atoms with E-state index < -0.39 is 0 Å². The second-order valence-corrected chi connectivity index (χ2v) is 9.15. The summed E-state index contributed by atoms with van der Waals surface area (Å²) in [4.78, 5) is 0.706. The molecule has 14 heavy (non-hydrogen) atoms. The van der Waals surface area contributed by atoms with Crippen LogP contribution in [0.5, 0.6) is 0 Å². The van der Waals surface area contributed by atoms with Crippen LogP contribution in [0.3, 0.4) is 0 Å². The number of alkyl halides is 2. The lowest BCUT2D eigenvalue weighted by Gasteiger charge is -2.61. The Labute approximate surface area is 103 Å². The van der Waals surface area contributed by atoms with Gasteiger partial charge in [0.1, 0.15) is 0 Å². The van der Waals surface area contributed by atoms with Gasteiger partial charge < -0.3 is 0 Å². The summed E-state index contributed by atoms with van der Waals surface area (Å²) in [5.74, 6) is 2.05. The smallest absolute Gasteiger partial charge is 0.0269 e. The molecule has 0 aromatic heterocycles. The molecule has 0 heterocycles. The van der Waals surface area contributed by atoms with Crippen molar-refractivity contribution in [3.05, 3.63) is 0 Å². The molecule has 4 saturated carbocycles. The normalized spacial score (nSPS) is 57.6. The lowest BCUT2D eigenvalue weighted by atomic mass is 9.49. The molecule has 0 aromatic carbocycles. The molecular formula is C12H18Br2. The highest BCUT2D eigenvalue weighted by Gasteiger charge is 2.57. The van der Waals surface area contributed by atoms with Crippen molar-refractivity contribution in [1.82, 2.24) is 0 Å². The second kappa shape index (κ2) is 3.00. The first-order valence-electron chi connectivity index (χ1n) is 5.84. The third-order valence-electron chi connectivity index (χ3n) is 4.88. The van der Waals surface area contributed by atoms with Gasteiger partial charge in [0.25, 0.3) is 0 Å². The van der Waals surface area contributed by atoms with Crippen LogP contribution in [0.1, 0.15) is 45.4 Å². The van der Waals surface area contributed by atoms with Crippen LogP contribution in [0.4, 0.5) is 0 Å². The zero-order valence-corrected chi connectivity index (χ0v) is 11.9. The Hall–Kier alpha value is 0.960. The van der Waals surface area contributed by atoms with Crippen molar-refractivity contribution in [2.75, 3.05) is 0 Å². The van der Waals surface area contributed by atoms with Crippen LogP contribution in [0.15, 0.2) is 0 Å². The van der Waals surface area contributed by atoms with E-state index in [1.54, 1.807) is 0 Å². The maximum absolute atomic E-state index is 4.04. The molecule has 0 amide bonds. The zero-order chi connectivity index (χ0) is 9.97. The first kappa shape index (κ1) is 10.1. The summed E-state index contributed by atoms with van der Waals surface area (Å²) < 4.78 is 0.527. The van der Waals surface area contributed by atoms with Crippen molar-refractivity contribution in [3.63, 3.8) is 0 Å². The fraction of sp³-hybridized carbons (Fsp3) is 1.00. The third kappa shape index (κ3) is 1.36. The minimum absolute atomic E-state index is 0.527. The SMILES string of the molecule is C[C@@H](Br)C12C[C@@H]3C[C@@H](CC(Br)(C3)C1)C2. The highest BCUT2D eigenvalue weighted by Crippen LogP contribution is 2.66. The van der Waals surface area contributed by atoms with E-state index in [1.165, 1.54) is 38.5 Å². The number of rotatable bonds is 1. The van der Waals surface area contributed by atoms with Gasteiger partial charge in [-0.25, -0.2) is 0 Å². The third-order valence-corrected chi connectivity index (χ3v) is 6.78. The molecule has 4 aliphatic rings. The van der Waals surface area contributed by atoms with Crippen LogP contribution >= 0.6 is 31.9 Å². The summed E-state index contributed by atoms with van der Waals surface area (Å²) >= 11 is 7.91. The van der Waals surface area contributed by atoms with Gasteiger partial charge in [0.05, 0.1) is 0 Å². The topological polar surface area (TPSA) is 0 Å². The molecule has 0 spiro atoms. The Balaban J connectivity index is 1.96. The Kier molecular flexibility index (Phi) is 2.17. The van der Waals surface area contributed by atoms with Gasteiger partial charge >= 0.3 is 0 Å². The van der Waals surface area contributed by atoms with Crippen molar-refractivity contribution in [1.29, 1.82) is 0 Å². The minimum atomic E-state index is 0.527. The molecule has 0 radical (unpaired) electrons. The van der Waals surface area contributed by atoms with Gasteiger partial charge in [0.2, 0.25) is 0 Å². The van der Waals surface area contributed by atoms with E-state index in [2.05, 4.69) is 38.8 Å². The van der Waals surface area contributed by atoms with E-state index >= 15 is 0 Å². The van der Waals surface area contributed by atoms with Gasteiger partial charge in [-0.1, -0.05) is 38.8 Å². The molecule has 0 aromatic rings. The Bertz CT molecular complexity index is 245. The zero-order valence-electron chi connectivity index (χ0n) is 8.73. The van der Waals surface area contributed by atoms with Crippen LogP contribution in [0.2, 0.25) is 0 Å². The molecule has 0 aliphatic heterocycles. The minimum Gasteiger partial charge on any atom is -0.0888 e. The number of hydrogen-bond acceptors (Lipinski definition) is 0. The van der Waals surface area contributed by atoms with E-state index in [1.807, 2.05) is 0 Å². The van der Waals surface area contributed by atoms with Crippen molar-refractivity contribution in [3.8, 4) is 0 Å². The molecule has 4 aliphatic carbocycles. The molecule has 5 atom stereocenters. The maximum Gasteiger partial charge on any atom is 0.0269 e. The summed E-state index contributed by atoms with van der Waals surface area (Å²) in [7, 11) is 0. The maximum atomic E-state index is 4.04. The van der Waals surface area contributed by atoms with Crippen molar-refractivity contribution >= 4 is 31.9 Å². The Morgan fingerprint density at radius 3 is 2.14 bits per heavy atom. The Morgan fingerprint density at radius 1 is 1.14 bits per heavy atom. The molecular weight excluding hydrogens is 304 g/mol. The highest BCUT2D eigenvalue weighted by atomic mass is 79.9. The van der Waals surface area contributed by atoms with Crippen LogP contribution in [0.25, 0.3) is 0 Å². The Morgan fingerprint density at radius 2 is 1.71 bits per heavy atom. The van der Waals surface area contributed by atoms with Crippen molar-refractivity contribution in [2.24, 2.45) is 17.3 Å². The number of halogens is 2. The van der Waals surface area contributed by atoms with Gasteiger partial charge in [-0.15, -0.1) is 0 Å². The second-order valence-electron chi connectivity index (χ2n) is 6.09. The van der Waals surface area contributed by atoms with Gasteiger partial charge in [0.15, 0.2) is 0 Å². The lowest BCUT2D eigenvalue weighted by molar-refractivity contribution is -0.0322.